The van der Waals surface area contributed by atoms with Gasteiger partial charge in [0.1, 0.15) is 17.3 Å². The Morgan fingerprint density at radius 3 is 2.26 bits per heavy atom. The number of aromatic nitrogens is 4. The molecule has 1 aliphatic carbocycles. The highest BCUT2D eigenvalue weighted by Gasteiger charge is 2.33. The van der Waals surface area contributed by atoms with E-state index in [1.807, 2.05) is 6.20 Å². The molecule has 0 bridgehead atoms. The molecule has 6 aromatic rings. The summed E-state index contributed by atoms with van der Waals surface area (Å²) in [6.07, 6.45) is 7.61. The third kappa shape index (κ3) is 7.32. The molecule has 0 radical (unpaired) electrons. The zero-order chi connectivity index (χ0) is 37.8. The van der Waals surface area contributed by atoms with Crippen LogP contribution in [0.2, 0.25) is 0 Å². The minimum atomic E-state index is -0.0895. The lowest BCUT2D eigenvalue weighted by molar-refractivity contribution is 0.388. The summed E-state index contributed by atoms with van der Waals surface area (Å²) in [5.74, 6) is 5.15. The van der Waals surface area contributed by atoms with Crippen LogP contribution in [0.15, 0.2) is 90.6 Å². The molecule has 5 heteroatoms. The van der Waals surface area contributed by atoms with Crippen LogP contribution in [0.1, 0.15) is 110 Å². The molecule has 1 unspecified atom stereocenters. The molecule has 1 aliphatic rings. The van der Waals surface area contributed by atoms with E-state index >= 15 is 0 Å². The van der Waals surface area contributed by atoms with Crippen LogP contribution in [0.3, 0.4) is 0 Å². The van der Waals surface area contributed by atoms with Gasteiger partial charge in [-0.2, -0.15) is 5.10 Å². The first-order valence-corrected chi connectivity index (χ1v) is 19.8. The number of hydrogen-bond donors (Lipinski definition) is 0. The van der Waals surface area contributed by atoms with Crippen molar-refractivity contribution in [3.63, 3.8) is 0 Å². The maximum atomic E-state index is 6.88. The molecule has 3 heterocycles. The van der Waals surface area contributed by atoms with Crippen LogP contribution in [0.4, 0.5) is 0 Å². The summed E-state index contributed by atoms with van der Waals surface area (Å²) in [7, 11) is 0. The first-order chi connectivity index (χ1) is 25.2. The van der Waals surface area contributed by atoms with Crippen molar-refractivity contribution >= 4 is 21.8 Å². The highest BCUT2D eigenvalue weighted by Crippen LogP contribution is 2.44. The number of aryl methyl sites for hydroxylation is 1. The lowest BCUT2D eigenvalue weighted by Gasteiger charge is -2.33. The Hall–Kier alpha value is -4.64. The normalized spacial score (nSPS) is 18.1. The monoisotopic (exact) mass is 706 g/mol. The summed E-state index contributed by atoms with van der Waals surface area (Å²) in [6.45, 7) is 25.3. The van der Waals surface area contributed by atoms with Crippen LogP contribution in [-0.4, -0.2) is 19.3 Å². The molecule has 3 aromatic carbocycles. The molecule has 3 aromatic heterocycles. The zero-order valence-corrected chi connectivity index (χ0v) is 33.8. The third-order valence-electron chi connectivity index (χ3n) is 11.0. The van der Waals surface area contributed by atoms with Crippen molar-refractivity contribution in [3.05, 3.63) is 119 Å². The van der Waals surface area contributed by atoms with E-state index in [1.165, 1.54) is 45.2 Å². The van der Waals surface area contributed by atoms with Gasteiger partial charge in [0, 0.05) is 46.3 Å². The van der Waals surface area contributed by atoms with Gasteiger partial charge < -0.3 is 4.74 Å². The van der Waals surface area contributed by atoms with Gasteiger partial charge in [-0.1, -0.05) is 92.2 Å². The van der Waals surface area contributed by atoms with Gasteiger partial charge in [0.25, 0.3) is 0 Å². The number of allylic oxidation sites excluding steroid dienone is 2. The first kappa shape index (κ1) is 36.7. The average molecular weight is 707 g/mol. The maximum Gasteiger partial charge on any atom is 0.137 e. The predicted molar refractivity (Wildman–Crippen MR) is 222 cm³/mol. The van der Waals surface area contributed by atoms with Gasteiger partial charge >= 0.3 is 0 Å². The minimum Gasteiger partial charge on any atom is -0.457 e. The Balaban J connectivity index is 1.35. The zero-order valence-electron chi connectivity index (χ0n) is 33.8. The van der Waals surface area contributed by atoms with Crippen LogP contribution in [-0.2, 0) is 18.3 Å². The molecule has 0 saturated heterocycles. The van der Waals surface area contributed by atoms with Gasteiger partial charge in [-0.25, -0.2) is 9.67 Å². The quantitative estimate of drug-likeness (QED) is 0.141. The van der Waals surface area contributed by atoms with Crippen molar-refractivity contribution in [1.82, 2.24) is 19.3 Å². The van der Waals surface area contributed by atoms with Crippen molar-refractivity contribution in [2.75, 3.05) is 0 Å². The Morgan fingerprint density at radius 2 is 1.55 bits per heavy atom. The topological polar surface area (TPSA) is 44.9 Å². The standard InChI is InChI=1S/C48H58N4O/c1-29(2)20-35-18-19-49-45(24-35)51-42-15-13-12-14-40(42)41-17-16-38(28-43(41)51)53-39-26-36(48(9,10)11)25-37(27-39)52-44(21-30(3)4)47(34(8)50-52)46-32(6)22-31(5)23-33(46)7/h12-19,22,24-31,33,46H,20-21,23H2,1-11H3/t31-,33-,46?/m0/s1. The summed E-state index contributed by atoms with van der Waals surface area (Å²) < 4.78 is 11.4. The molecule has 276 valence electrons. The second-order valence-corrected chi connectivity index (χ2v) is 17.8. The van der Waals surface area contributed by atoms with Crippen molar-refractivity contribution in [1.29, 1.82) is 0 Å². The molecule has 5 nitrogen and oxygen atoms in total. The molecule has 0 saturated carbocycles. The Morgan fingerprint density at radius 1 is 0.811 bits per heavy atom. The summed E-state index contributed by atoms with van der Waals surface area (Å²) in [6, 6.07) is 26.2. The van der Waals surface area contributed by atoms with Gasteiger partial charge in [0.05, 0.1) is 22.4 Å². The van der Waals surface area contributed by atoms with Crippen LogP contribution in [0.5, 0.6) is 11.5 Å². The maximum absolute atomic E-state index is 6.88. The van der Waals surface area contributed by atoms with Crippen molar-refractivity contribution in [3.8, 4) is 23.0 Å². The molecule has 53 heavy (non-hydrogen) atoms. The summed E-state index contributed by atoms with van der Waals surface area (Å²) in [5.41, 5.74) is 11.0. The number of benzene rings is 3. The van der Waals surface area contributed by atoms with Crippen LogP contribution in [0.25, 0.3) is 33.3 Å². The lowest BCUT2D eigenvalue weighted by Crippen LogP contribution is -2.21. The van der Waals surface area contributed by atoms with Crippen LogP contribution in [0, 0.1) is 30.6 Å². The summed E-state index contributed by atoms with van der Waals surface area (Å²) in [4.78, 5) is 4.88. The second-order valence-electron chi connectivity index (χ2n) is 17.8. The van der Waals surface area contributed by atoms with E-state index in [0.29, 0.717) is 29.6 Å². The van der Waals surface area contributed by atoms with Gasteiger partial charge in [-0.3, -0.25) is 4.57 Å². The second kappa shape index (κ2) is 14.3. The smallest absolute Gasteiger partial charge is 0.137 e. The predicted octanol–water partition coefficient (Wildman–Crippen LogP) is 12.9. The summed E-state index contributed by atoms with van der Waals surface area (Å²) >= 11 is 0. The Kier molecular flexibility index (Phi) is 9.91. The van der Waals surface area contributed by atoms with E-state index in [9.17, 15) is 0 Å². The highest BCUT2D eigenvalue weighted by atomic mass is 16.5. The van der Waals surface area contributed by atoms with Gasteiger partial charge in [-0.05, 0) is 116 Å². The highest BCUT2D eigenvalue weighted by molar-refractivity contribution is 6.09. The van der Waals surface area contributed by atoms with E-state index in [-0.39, 0.29) is 5.41 Å². The number of nitrogens with zero attached hydrogens (tertiary/aromatic N) is 4. The fraction of sp³-hybridized carbons (Fsp3) is 0.417. The lowest BCUT2D eigenvalue weighted by atomic mass is 9.72. The number of ether oxygens (including phenoxy) is 1. The van der Waals surface area contributed by atoms with Gasteiger partial charge in [-0.15, -0.1) is 0 Å². The molecule has 0 spiro atoms. The van der Waals surface area contributed by atoms with E-state index in [2.05, 4.69) is 164 Å². The molecule has 0 aliphatic heterocycles. The molecule has 3 atom stereocenters. The van der Waals surface area contributed by atoms with E-state index < -0.39 is 0 Å². The van der Waals surface area contributed by atoms with Crippen molar-refractivity contribution < 1.29 is 4.74 Å². The fourth-order valence-electron chi connectivity index (χ4n) is 8.87. The number of rotatable bonds is 9. The van der Waals surface area contributed by atoms with E-state index in [4.69, 9.17) is 14.8 Å². The van der Waals surface area contributed by atoms with Crippen molar-refractivity contribution in [2.45, 2.75) is 107 Å². The molecule has 0 amide bonds. The number of pyridine rings is 1. The van der Waals surface area contributed by atoms with E-state index in [1.54, 1.807) is 0 Å². The van der Waals surface area contributed by atoms with Gasteiger partial charge in [0.2, 0.25) is 0 Å². The van der Waals surface area contributed by atoms with Gasteiger partial charge in [0.15, 0.2) is 0 Å². The molecular formula is C48H58N4O. The molecule has 0 N–H and O–H groups in total. The number of hydrogen-bond acceptors (Lipinski definition) is 3. The molecular weight excluding hydrogens is 649 g/mol. The van der Waals surface area contributed by atoms with Crippen LogP contribution < -0.4 is 4.74 Å². The molecule has 7 rings (SSSR count). The Bertz CT molecular complexity index is 2310. The number of fused-ring (bicyclic) bond motifs is 3. The largest absolute Gasteiger partial charge is 0.457 e. The fourth-order valence-corrected chi connectivity index (χ4v) is 8.87. The first-order valence-electron chi connectivity index (χ1n) is 19.8. The van der Waals surface area contributed by atoms with Crippen molar-refractivity contribution in [2.24, 2.45) is 23.7 Å². The minimum absolute atomic E-state index is 0.0895. The average Bonchev–Trinajstić information content (AvgIpc) is 3.57. The number of para-hydroxylation sites is 1. The van der Waals surface area contributed by atoms with Crippen LogP contribution >= 0.6 is 0 Å². The third-order valence-corrected chi connectivity index (χ3v) is 11.0. The summed E-state index contributed by atoms with van der Waals surface area (Å²) in [5, 5.41) is 7.71. The molecule has 0 fully saturated rings. The Labute approximate surface area is 317 Å². The van der Waals surface area contributed by atoms with E-state index in [0.717, 1.165) is 52.6 Å². The SMILES string of the molecule is CC1=C[C@H](C)C[C@H](C)C1c1c(C)nn(-c2cc(Oc3ccc4c5ccccc5n(-c5cc(CC(C)C)ccn5)c4c3)cc(C(C)(C)C)c2)c1CC(C)C.